The molecule has 0 bridgehead atoms. The number of rotatable bonds is 5. The van der Waals surface area contributed by atoms with Gasteiger partial charge in [0.15, 0.2) is 0 Å². The Balaban J connectivity index is 1.48. The molecule has 1 amide bonds. The number of carbonyl (C=O) groups is 1. The first-order valence-electron chi connectivity index (χ1n) is 9.39. The number of hydrogen-bond donors (Lipinski definition) is 0. The molecule has 0 N–H and O–H groups in total. The van der Waals surface area contributed by atoms with Gasteiger partial charge in [0.1, 0.15) is 5.76 Å². The largest absolute Gasteiger partial charge is 0.469 e. The molecular weight excluding hydrogens is 346 g/mol. The zero-order valence-corrected chi connectivity index (χ0v) is 16.8. The molecule has 142 valence electrons. The minimum Gasteiger partial charge on any atom is -0.469 e. The van der Waals surface area contributed by atoms with Crippen LogP contribution in [0, 0.1) is 0 Å². The predicted octanol–water partition coefficient (Wildman–Crippen LogP) is 3.70. The minimum atomic E-state index is 0.110. The van der Waals surface area contributed by atoms with Gasteiger partial charge in [-0.15, -0.1) is 11.3 Å². The highest BCUT2D eigenvalue weighted by Crippen LogP contribution is 2.26. The van der Waals surface area contributed by atoms with Gasteiger partial charge in [-0.1, -0.05) is 20.8 Å². The maximum Gasteiger partial charge on any atom is 0.223 e. The molecule has 0 aromatic carbocycles. The molecule has 1 aliphatic heterocycles. The lowest BCUT2D eigenvalue weighted by atomic mass is 9.98. The summed E-state index contributed by atoms with van der Waals surface area (Å²) in [5.74, 6) is 1.11. The molecule has 0 aliphatic carbocycles. The summed E-state index contributed by atoms with van der Waals surface area (Å²) >= 11 is 1.75. The number of thiazole rings is 1. The summed E-state index contributed by atoms with van der Waals surface area (Å²) in [6.07, 6.45) is 3.88. The molecule has 0 atom stereocenters. The molecule has 1 aliphatic rings. The summed E-state index contributed by atoms with van der Waals surface area (Å²) < 4.78 is 5.32. The highest BCUT2D eigenvalue weighted by Gasteiger charge is 2.21. The Morgan fingerprint density at radius 3 is 2.81 bits per heavy atom. The van der Waals surface area contributed by atoms with Crippen molar-refractivity contribution < 1.29 is 9.21 Å². The number of amides is 1. The van der Waals surface area contributed by atoms with Gasteiger partial charge in [0.05, 0.1) is 17.0 Å². The Hall–Kier alpha value is -1.66. The first-order valence-corrected chi connectivity index (χ1v) is 10.3. The van der Waals surface area contributed by atoms with E-state index < -0.39 is 0 Å². The van der Waals surface area contributed by atoms with Crippen molar-refractivity contribution in [3.63, 3.8) is 0 Å². The summed E-state index contributed by atoms with van der Waals surface area (Å²) in [6, 6.07) is 3.80. The van der Waals surface area contributed by atoms with Crippen molar-refractivity contribution in [1.82, 2.24) is 14.8 Å². The Labute approximate surface area is 160 Å². The number of aromatic nitrogens is 1. The molecular formula is C20H29N3O2S. The van der Waals surface area contributed by atoms with Gasteiger partial charge < -0.3 is 9.32 Å². The second-order valence-corrected chi connectivity index (χ2v) is 8.84. The fourth-order valence-electron chi connectivity index (χ4n) is 3.17. The fourth-order valence-corrected chi connectivity index (χ4v) is 4.07. The quantitative estimate of drug-likeness (QED) is 0.799. The second kappa shape index (κ2) is 8.35. The van der Waals surface area contributed by atoms with E-state index in [0.717, 1.165) is 50.6 Å². The molecule has 26 heavy (non-hydrogen) atoms. The van der Waals surface area contributed by atoms with Crippen LogP contribution < -0.4 is 0 Å². The van der Waals surface area contributed by atoms with Crippen LogP contribution in [0.4, 0.5) is 0 Å². The molecule has 0 radical (unpaired) electrons. The lowest BCUT2D eigenvalue weighted by Crippen LogP contribution is -2.35. The highest BCUT2D eigenvalue weighted by molar-refractivity contribution is 7.09. The molecule has 0 spiro atoms. The lowest BCUT2D eigenvalue weighted by molar-refractivity contribution is -0.131. The van der Waals surface area contributed by atoms with E-state index in [1.807, 2.05) is 17.0 Å². The maximum atomic E-state index is 12.5. The van der Waals surface area contributed by atoms with Gasteiger partial charge in [0.2, 0.25) is 5.91 Å². The molecule has 2 aromatic rings. The van der Waals surface area contributed by atoms with Gasteiger partial charge in [-0.25, -0.2) is 4.98 Å². The van der Waals surface area contributed by atoms with Gasteiger partial charge in [-0.2, -0.15) is 0 Å². The Kier molecular flexibility index (Phi) is 6.14. The maximum absolute atomic E-state index is 12.5. The summed E-state index contributed by atoms with van der Waals surface area (Å²) in [5.41, 5.74) is 1.26. The van der Waals surface area contributed by atoms with Crippen LogP contribution in [0.5, 0.6) is 0 Å². The van der Waals surface area contributed by atoms with Crippen molar-refractivity contribution in [3.05, 3.63) is 40.2 Å². The minimum absolute atomic E-state index is 0.110. The van der Waals surface area contributed by atoms with Crippen molar-refractivity contribution >= 4 is 17.2 Å². The molecule has 3 heterocycles. The van der Waals surface area contributed by atoms with Crippen LogP contribution in [0.25, 0.3) is 0 Å². The molecule has 2 aromatic heterocycles. The third-order valence-corrected chi connectivity index (χ3v) is 6.00. The monoisotopic (exact) mass is 375 g/mol. The standard InChI is InChI=1S/C20H29N3O2S/c1-20(2,3)19-21-16(15-26-19)14-22-9-5-10-23(12-11-22)18(24)8-7-17-6-4-13-25-17/h4,6,13,15H,5,7-12,14H2,1-3H3. The molecule has 3 rings (SSSR count). The average Bonchev–Trinajstić information content (AvgIpc) is 3.21. The third kappa shape index (κ3) is 5.17. The average molecular weight is 376 g/mol. The zero-order valence-electron chi connectivity index (χ0n) is 16.0. The van der Waals surface area contributed by atoms with Crippen molar-refractivity contribution in [1.29, 1.82) is 0 Å². The fraction of sp³-hybridized carbons (Fsp3) is 0.600. The van der Waals surface area contributed by atoms with Crippen LogP contribution in [0.2, 0.25) is 0 Å². The van der Waals surface area contributed by atoms with E-state index in [-0.39, 0.29) is 11.3 Å². The molecule has 0 saturated carbocycles. The van der Waals surface area contributed by atoms with E-state index in [0.29, 0.717) is 12.8 Å². The number of furan rings is 1. The van der Waals surface area contributed by atoms with Gasteiger partial charge in [-0.05, 0) is 18.6 Å². The summed E-state index contributed by atoms with van der Waals surface area (Å²) in [4.78, 5) is 21.7. The SMILES string of the molecule is CC(C)(C)c1nc(CN2CCCN(C(=O)CCc3ccco3)CC2)cs1. The van der Waals surface area contributed by atoms with Crippen LogP contribution in [0.15, 0.2) is 28.2 Å². The first kappa shape index (κ1) is 19.1. The van der Waals surface area contributed by atoms with Crippen LogP contribution >= 0.6 is 11.3 Å². The van der Waals surface area contributed by atoms with E-state index in [9.17, 15) is 4.79 Å². The van der Waals surface area contributed by atoms with Gasteiger partial charge in [-0.3, -0.25) is 9.69 Å². The Bertz CT molecular complexity index is 703. The molecule has 1 saturated heterocycles. The highest BCUT2D eigenvalue weighted by atomic mass is 32.1. The number of hydrogen-bond acceptors (Lipinski definition) is 5. The Morgan fingerprint density at radius 1 is 1.27 bits per heavy atom. The van der Waals surface area contributed by atoms with Crippen molar-refractivity contribution in [3.8, 4) is 0 Å². The van der Waals surface area contributed by atoms with E-state index in [4.69, 9.17) is 9.40 Å². The predicted molar refractivity (Wildman–Crippen MR) is 104 cm³/mol. The molecule has 0 unspecified atom stereocenters. The molecule has 6 heteroatoms. The number of aryl methyl sites for hydroxylation is 1. The molecule has 5 nitrogen and oxygen atoms in total. The Morgan fingerprint density at radius 2 is 2.12 bits per heavy atom. The van der Waals surface area contributed by atoms with Crippen LogP contribution in [0.1, 0.15) is 50.1 Å². The lowest BCUT2D eigenvalue weighted by Gasteiger charge is -2.21. The van der Waals surface area contributed by atoms with Crippen molar-refractivity contribution in [2.24, 2.45) is 0 Å². The smallest absolute Gasteiger partial charge is 0.223 e. The normalized spacial score (nSPS) is 16.7. The number of nitrogens with zero attached hydrogens (tertiary/aromatic N) is 3. The van der Waals surface area contributed by atoms with Crippen LogP contribution in [-0.2, 0) is 23.2 Å². The zero-order chi connectivity index (χ0) is 18.6. The van der Waals surface area contributed by atoms with E-state index in [1.165, 1.54) is 5.01 Å². The summed E-state index contributed by atoms with van der Waals surface area (Å²) in [7, 11) is 0. The topological polar surface area (TPSA) is 49.6 Å². The van der Waals surface area contributed by atoms with E-state index in [1.54, 1.807) is 17.6 Å². The first-order chi connectivity index (χ1) is 12.4. The van der Waals surface area contributed by atoms with E-state index in [2.05, 4.69) is 31.1 Å². The van der Waals surface area contributed by atoms with Crippen molar-refractivity contribution in [2.45, 2.75) is 52.0 Å². The van der Waals surface area contributed by atoms with Crippen molar-refractivity contribution in [2.75, 3.05) is 26.2 Å². The molecule has 1 fully saturated rings. The third-order valence-electron chi connectivity index (χ3n) is 4.69. The van der Waals surface area contributed by atoms with Gasteiger partial charge in [0, 0.05) is 56.4 Å². The summed E-state index contributed by atoms with van der Waals surface area (Å²) in [5, 5.41) is 3.37. The second-order valence-electron chi connectivity index (χ2n) is 7.98. The van der Waals surface area contributed by atoms with Gasteiger partial charge in [0.25, 0.3) is 0 Å². The van der Waals surface area contributed by atoms with Gasteiger partial charge >= 0.3 is 0 Å². The van der Waals surface area contributed by atoms with Crippen LogP contribution in [-0.4, -0.2) is 46.9 Å². The van der Waals surface area contributed by atoms with Crippen LogP contribution in [0.3, 0.4) is 0 Å². The van der Waals surface area contributed by atoms with E-state index >= 15 is 0 Å². The summed E-state index contributed by atoms with van der Waals surface area (Å²) in [6.45, 7) is 11.1. The number of carbonyl (C=O) groups excluding carboxylic acids is 1.